The Kier molecular flexibility index (Phi) is 6.89. The van der Waals surface area contributed by atoms with Crippen LogP contribution in [0, 0.1) is 5.92 Å². The lowest BCUT2D eigenvalue weighted by atomic mass is 9.93. The van der Waals surface area contributed by atoms with Crippen molar-refractivity contribution < 1.29 is 9.59 Å². The van der Waals surface area contributed by atoms with E-state index >= 15 is 0 Å². The van der Waals surface area contributed by atoms with Crippen molar-refractivity contribution in [1.29, 1.82) is 0 Å². The molecule has 7 nitrogen and oxygen atoms in total. The van der Waals surface area contributed by atoms with Gasteiger partial charge in [0, 0.05) is 39.1 Å². The van der Waals surface area contributed by atoms with Crippen LogP contribution in [0.2, 0.25) is 0 Å². The Labute approximate surface area is 187 Å². The summed E-state index contributed by atoms with van der Waals surface area (Å²) in [5, 5.41) is 2.90. The van der Waals surface area contributed by atoms with Gasteiger partial charge in [-0.25, -0.2) is 5.43 Å². The molecule has 1 aliphatic heterocycles. The molecule has 0 bridgehead atoms. The van der Waals surface area contributed by atoms with E-state index in [1.807, 2.05) is 61.6 Å². The highest BCUT2D eigenvalue weighted by Gasteiger charge is 2.35. The summed E-state index contributed by atoms with van der Waals surface area (Å²) in [5.74, 6) is -0.250. The van der Waals surface area contributed by atoms with Crippen molar-refractivity contribution in [3.63, 3.8) is 0 Å². The zero-order valence-electron chi connectivity index (χ0n) is 18.0. The molecule has 3 aromatic rings. The summed E-state index contributed by atoms with van der Waals surface area (Å²) < 4.78 is 0. The number of hydrazine groups is 1. The monoisotopic (exact) mass is 429 g/mol. The number of benzene rings is 2. The summed E-state index contributed by atoms with van der Waals surface area (Å²) in [6, 6.07) is 21.3. The van der Waals surface area contributed by atoms with Gasteiger partial charge in [-0.05, 0) is 28.8 Å². The lowest BCUT2D eigenvalue weighted by Gasteiger charge is -2.24. The summed E-state index contributed by atoms with van der Waals surface area (Å²) in [7, 11) is 1.85. The van der Waals surface area contributed by atoms with E-state index in [2.05, 4.69) is 21.2 Å². The number of amides is 2. The van der Waals surface area contributed by atoms with Gasteiger partial charge in [0.2, 0.25) is 5.91 Å². The van der Waals surface area contributed by atoms with Crippen molar-refractivity contribution in [2.45, 2.75) is 19.1 Å². The number of pyridine rings is 1. The van der Waals surface area contributed by atoms with E-state index < -0.39 is 0 Å². The second kappa shape index (κ2) is 10.2. The molecule has 4 rings (SSSR count). The van der Waals surface area contributed by atoms with E-state index in [4.69, 9.17) is 0 Å². The Morgan fingerprint density at radius 3 is 2.53 bits per heavy atom. The Hall–Kier alpha value is -3.55. The van der Waals surface area contributed by atoms with Gasteiger partial charge in [-0.1, -0.05) is 54.6 Å². The maximum Gasteiger partial charge on any atom is 0.253 e. The molecule has 1 saturated heterocycles. The number of nitrogens with one attached hydrogen (secondary N) is 3. The normalized spacial score (nSPS) is 17.7. The fourth-order valence-corrected chi connectivity index (χ4v) is 3.89. The minimum Gasteiger partial charge on any atom is -0.348 e. The third-order valence-corrected chi connectivity index (χ3v) is 5.65. The van der Waals surface area contributed by atoms with Crippen LogP contribution in [-0.2, 0) is 17.9 Å². The van der Waals surface area contributed by atoms with Crippen LogP contribution in [0.1, 0.15) is 33.1 Å². The summed E-state index contributed by atoms with van der Waals surface area (Å²) in [6.45, 7) is 1.58. The van der Waals surface area contributed by atoms with Crippen LogP contribution >= 0.6 is 0 Å². The second-order valence-electron chi connectivity index (χ2n) is 7.96. The van der Waals surface area contributed by atoms with Crippen LogP contribution in [0.5, 0.6) is 0 Å². The van der Waals surface area contributed by atoms with Crippen molar-refractivity contribution in [3.05, 3.63) is 101 Å². The van der Waals surface area contributed by atoms with Crippen LogP contribution in [0.25, 0.3) is 0 Å². The van der Waals surface area contributed by atoms with Crippen molar-refractivity contribution in [3.8, 4) is 0 Å². The Morgan fingerprint density at radius 1 is 1.03 bits per heavy atom. The first kappa shape index (κ1) is 21.7. The molecule has 164 valence electrons. The van der Waals surface area contributed by atoms with Gasteiger partial charge in [0.05, 0.1) is 17.5 Å². The number of nitrogens with zero attached hydrogens (tertiary/aromatic N) is 2. The summed E-state index contributed by atoms with van der Waals surface area (Å²) in [5.41, 5.74) is 10.0. The highest BCUT2D eigenvalue weighted by molar-refractivity contribution is 5.93. The third kappa shape index (κ3) is 5.19. The third-order valence-electron chi connectivity index (χ3n) is 5.65. The molecule has 1 aromatic heterocycles. The molecule has 32 heavy (non-hydrogen) atoms. The molecular weight excluding hydrogens is 402 g/mol. The van der Waals surface area contributed by atoms with E-state index in [-0.39, 0.29) is 23.8 Å². The predicted octanol–water partition coefficient (Wildman–Crippen LogP) is 2.44. The lowest BCUT2D eigenvalue weighted by Crippen LogP contribution is -2.36. The Balaban J connectivity index is 1.36. The molecule has 0 aliphatic carbocycles. The highest BCUT2D eigenvalue weighted by atomic mass is 16.2. The molecule has 0 spiro atoms. The smallest absolute Gasteiger partial charge is 0.253 e. The molecule has 2 aromatic carbocycles. The van der Waals surface area contributed by atoms with E-state index in [1.165, 1.54) is 0 Å². The quantitative estimate of drug-likeness (QED) is 0.537. The molecule has 2 unspecified atom stereocenters. The van der Waals surface area contributed by atoms with Crippen LogP contribution in [0.15, 0.2) is 79.1 Å². The predicted molar refractivity (Wildman–Crippen MR) is 122 cm³/mol. The Morgan fingerprint density at radius 2 is 1.81 bits per heavy atom. The van der Waals surface area contributed by atoms with Crippen molar-refractivity contribution in [2.24, 2.45) is 5.92 Å². The molecule has 7 heteroatoms. The van der Waals surface area contributed by atoms with E-state index in [0.717, 1.165) is 16.7 Å². The van der Waals surface area contributed by atoms with Gasteiger partial charge in [-0.3, -0.25) is 20.0 Å². The maximum absolute atomic E-state index is 13.1. The first-order valence-corrected chi connectivity index (χ1v) is 10.7. The Bertz CT molecular complexity index is 1040. The molecule has 2 amide bonds. The fraction of sp³-hybridized carbons (Fsp3) is 0.240. The van der Waals surface area contributed by atoms with Crippen LogP contribution < -0.4 is 16.2 Å². The zero-order chi connectivity index (χ0) is 22.3. The van der Waals surface area contributed by atoms with Gasteiger partial charge in [-0.15, -0.1) is 0 Å². The lowest BCUT2D eigenvalue weighted by molar-refractivity contribution is -0.134. The molecule has 0 radical (unpaired) electrons. The van der Waals surface area contributed by atoms with Gasteiger partial charge < -0.3 is 10.2 Å². The van der Waals surface area contributed by atoms with E-state index in [9.17, 15) is 9.59 Å². The van der Waals surface area contributed by atoms with Crippen molar-refractivity contribution in [1.82, 2.24) is 26.1 Å². The van der Waals surface area contributed by atoms with Crippen molar-refractivity contribution in [2.75, 3.05) is 13.6 Å². The van der Waals surface area contributed by atoms with Crippen LogP contribution in [0.3, 0.4) is 0 Å². The number of rotatable bonds is 7. The van der Waals surface area contributed by atoms with E-state index in [0.29, 0.717) is 25.2 Å². The number of aromatic nitrogens is 1. The van der Waals surface area contributed by atoms with Gasteiger partial charge in [0.15, 0.2) is 0 Å². The molecule has 1 aliphatic rings. The molecule has 1 fully saturated rings. The van der Waals surface area contributed by atoms with E-state index in [1.54, 1.807) is 29.4 Å². The second-order valence-corrected chi connectivity index (χ2v) is 7.96. The first-order chi connectivity index (χ1) is 15.6. The van der Waals surface area contributed by atoms with Gasteiger partial charge in [0.1, 0.15) is 0 Å². The summed E-state index contributed by atoms with van der Waals surface area (Å²) in [6.07, 6.45) is 3.18. The van der Waals surface area contributed by atoms with Crippen LogP contribution in [0.4, 0.5) is 0 Å². The van der Waals surface area contributed by atoms with Gasteiger partial charge in [-0.2, -0.15) is 0 Å². The first-order valence-electron chi connectivity index (χ1n) is 10.7. The molecule has 2 heterocycles. The fourth-order valence-electron chi connectivity index (χ4n) is 3.89. The number of hydrogen-bond acceptors (Lipinski definition) is 5. The largest absolute Gasteiger partial charge is 0.348 e. The summed E-state index contributed by atoms with van der Waals surface area (Å²) >= 11 is 0. The average Bonchev–Trinajstić information content (AvgIpc) is 3.33. The number of carbonyl (C=O) groups excluding carboxylic acids is 2. The van der Waals surface area contributed by atoms with Gasteiger partial charge in [0.25, 0.3) is 5.91 Å². The molecule has 2 atom stereocenters. The average molecular weight is 430 g/mol. The number of carbonyl (C=O) groups is 2. The minimum absolute atomic E-state index is 0.101. The molecular formula is C25H27N5O2. The standard InChI is InChI=1S/C25H27N5O2/c1-30(17-19-6-3-2-4-7-19)25(32)22-16-28-29-23(22)20-11-9-18(10-12-20)14-27-24(31)21-8-5-13-26-15-21/h2-13,15,22-23,28-29H,14,16-17H2,1H3,(H,27,31). The van der Waals surface area contributed by atoms with Gasteiger partial charge >= 0.3 is 0 Å². The maximum atomic E-state index is 13.1. The van der Waals surface area contributed by atoms with Crippen molar-refractivity contribution >= 4 is 11.8 Å². The minimum atomic E-state index is -0.195. The zero-order valence-corrected chi connectivity index (χ0v) is 18.0. The topological polar surface area (TPSA) is 86.4 Å². The van der Waals surface area contributed by atoms with Crippen LogP contribution in [-0.4, -0.2) is 35.3 Å². The highest BCUT2D eigenvalue weighted by Crippen LogP contribution is 2.27. The SMILES string of the molecule is CN(Cc1ccccc1)C(=O)C1CNNC1c1ccc(CNC(=O)c2cccnc2)cc1. The molecule has 0 saturated carbocycles. The summed E-state index contributed by atoms with van der Waals surface area (Å²) in [4.78, 5) is 31.1. The number of hydrogen-bond donors (Lipinski definition) is 3. The molecule has 3 N–H and O–H groups in total.